The van der Waals surface area contributed by atoms with E-state index >= 15 is 0 Å². The number of methoxy groups -OCH3 is 1. The Morgan fingerprint density at radius 2 is 1.55 bits per heavy atom. The fraction of sp³-hybridized carbons (Fsp3) is 0.333. The third-order valence-electron chi connectivity index (χ3n) is 6.25. The fourth-order valence-corrected chi connectivity index (χ4v) is 5.50. The average Bonchev–Trinajstić information content (AvgIpc) is 2.93. The number of carbonyl (C=O) groups is 2. The number of benzene rings is 3. The lowest BCUT2D eigenvalue weighted by atomic mass is 10.1. The predicted molar refractivity (Wildman–Crippen MR) is 153 cm³/mol. The van der Waals surface area contributed by atoms with E-state index < -0.39 is 51.7 Å². The third kappa shape index (κ3) is 8.25. The molecule has 0 heterocycles. The van der Waals surface area contributed by atoms with Crippen LogP contribution in [0.3, 0.4) is 0 Å². The number of hydrogen-bond acceptors (Lipinski definition) is 5. The van der Waals surface area contributed by atoms with Crippen molar-refractivity contribution in [1.29, 1.82) is 0 Å². The Morgan fingerprint density at radius 1 is 0.929 bits per heavy atom. The number of alkyl halides is 3. The molecular formula is C30H34F3N3O5S. The fourth-order valence-electron chi connectivity index (χ4n) is 4.07. The zero-order chi connectivity index (χ0) is 31.3. The van der Waals surface area contributed by atoms with Crippen LogP contribution in [0.2, 0.25) is 0 Å². The first-order valence-corrected chi connectivity index (χ1v) is 14.5. The molecule has 0 aromatic heterocycles. The van der Waals surface area contributed by atoms with Crippen LogP contribution in [0.1, 0.15) is 38.8 Å². The molecule has 0 unspecified atom stereocenters. The van der Waals surface area contributed by atoms with Crippen LogP contribution in [0.15, 0.2) is 83.8 Å². The molecule has 42 heavy (non-hydrogen) atoms. The molecule has 1 N–H and O–H groups in total. The maximum absolute atomic E-state index is 13.9. The van der Waals surface area contributed by atoms with Gasteiger partial charge in [-0.05, 0) is 75.7 Å². The molecule has 3 aromatic rings. The van der Waals surface area contributed by atoms with E-state index in [9.17, 15) is 31.2 Å². The number of nitrogens with zero attached hydrogens (tertiary/aromatic N) is 2. The van der Waals surface area contributed by atoms with Gasteiger partial charge in [-0.15, -0.1) is 0 Å². The van der Waals surface area contributed by atoms with E-state index in [0.29, 0.717) is 21.7 Å². The van der Waals surface area contributed by atoms with E-state index in [1.54, 1.807) is 51.1 Å². The number of rotatable bonds is 10. The van der Waals surface area contributed by atoms with Crippen molar-refractivity contribution in [3.63, 3.8) is 0 Å². The summed E-state index contributed by atoms with van der Waals surface area (Å²) in [6, 6.07) is 16.5. The van der Waals surface area contributed by atoms with Crippen molar-refractivity contribution >= 4 is 27.5 Å². The van der Waals surface area contributed by atoms with E-state index in [0.717, 1.165) is 12.1 Å². The van der Waals surface area contributed by atoms with Crippen molar-refractivity contribution in [2.45, 2.75) is 56.9 Å². The molecular weight excluding hydrogens is 571 g/mol. The van der Waals surface area contributed by atoms with Crippen molar-refractivity contribution in [3.8, 4) is 5.75 Å². The summed E-state index contributed by atoms with van der Waals surface area (Å²) in [7, 11) is -3.00. The van der Waals surface area contributed by atoms with Crippen molar-refractivity contribution < 1.29 is 35.9 Å². The van der Waals surface area contributed by atoms with Gasteiger partial charge in [-0.3, -0.25) is 13.9 Å². The Labute approximate surface area is 244 Å². The number of ether oxygens (including phenoxy) is 1. The summed E-state index contributed by atoms with van der Waals surface area (Å²) in [6.07, 6.45) is -4.75. The molecule has 0 aliphatic heterocycles. The highest BCUT2D eigenvalue weighted by Gasteiger charge is 2.35. The van der Waals surface area contributed by atoms with E-state index in [-0.39, 0.29) is 17.1 Å². The largest absolute Gasteiger partial charge is 0.497 e. The van der Waals surface area contributed by atoms with Crippen LogP contribution in [0, 0.1) is 0 Å². The monoisotopic (exact) mass is 605 g/mol. The summed E-state index contributed by atoms with van der Waals surface area (Å²) < 4.78 is 74.0. The SMILES string of the molecule is COc1ccc(CN(C(=O)CN(c2cccc(C(F)(F)F)c2)S(=O)(=O)c2ccccc2)[C@H](C)C(=O)NC(C)(C)C)cc1. The first kappa shape index (κ1) is 32.5. The zero-order valence-electron chi connectivity index (χ0n) is 24.0. The predicted octanol–water partition coefficient (Wildman–Crippen LogP) is 5.24. The van der Waals surface area contributed by atoms with Crippen LogP contribution in [0.5, 0.6) is 5.75 Å². The second kappa shape index (κ2) is 12.8. The number of carbonyl (C=O) groups excluding carboxylic acids is 2. The molecule has 12 heteroatoms. The highest BCUT2D eigenvalue weighted by atomic mass is 32.2. The lowest BCUT2D eigenvalue weighted by molar-refractivity contribution is -0.140. The first-order chi connectivity index (χ1) is 19.5. The standard InChI is InChI=1S/C30H34F3N3O5S/c1-21(28(38)34-29(2,3)4)35(19-22-14-16-25(41-5)17-15-22)27(37)20-36(42(39,40)26-12-7-6-8-13-26)24-11-9-10-23(18-24)30(31,32)33/h6-18,21H,19-20H2,1-5H3,(H,34,38)/t21-/m1/s1. The molecule has 8 nitrogen and oxygen atoms in total. The Bertz CT molecular complexity index is 1490. The van der Waals surface area contributed by atoms with Crippen LogP contribution < -0.4 is 14.4 Å². The molecule has 3 aromatic carbocycles. The second-order valence-corrected chi connectivity index (χ2v) is 12.5. The number of amides is 2. The normalized spacial score (nSPS) is 12.8. The second-order valence-electron chi connectivity index (χ2n) is 10.7. The number of hydrogen-bond donors (Lipinski definition) is 1. The van der Waals surface area contributed by atoms with Crippen molar-refractivity contribution in [2.24, 2.45) is 0 Å². The molecule has 0 saturated carbocycles. The van der Waals surface area contributed by atoms with Gasteiger partial charge in [-0.1, -0.05) is 36.4 Å². The topological polar surface area (TPSA) is 96.0 Å². The van der Waals surface area contributed by atoms with Gasteiger partial charge in [0.1, 0.15) is 18.3 Å². The number of sulfonamides is 1. The summed E-state index contributed by atoms with van der Waals surface area (Å²) in [6.45, 7) is 5.88. The smallest absolute Gasteiger partial charge is 0.416 e. The van der Waals surface area contributed by atoms with Crippen LogP contribution >= 0.6 is 0 Å². The molecule has 0 bridgehead atoms. The molecule has 0 aliphatic rings. The average molecular weight is 606 g/mol. The number of halogens is 3. The summed E-state index contributed by atoms with van der Waals surface area (Å²) >= 11 is 0. The van der Waals surface area contributed by atoms with Gasteiger partial charge in [0.15, 0.2) is 0 Å². The van der Waals surface area contributed by atoms with Crippen LogP contribution in [0.4, 0.5) is 18.9 Å². The van der Waals surface area contributed by atoms with E-state index in [2.05, 4.69) is 5.32 Å². The van der Waals surface area contributed by atoms with Crippen molar-refractivity contribution in [2.75, 3.05) is 18.0 Å². The highest BCUT2D eigenvalue weighted by molar-refractivity contribution is 7.92. The Balaban J connectivity index is 2.08. The van der Waals surface area contributed by atoms with Gasteiger partial charge >= 0.3 is 6.18 Å². The first-order valence-electron chi connectivity index (χ1n) is 13.0. The van der Waals surface area contributed by atoms with Gasteiger partial charge in [0.25, 0.3) is 10.0 Å². The van der Waals surface area contributed by atoms with Gasteiger partial charge in [0.2, 0.25) is 11.8 Å². The molecule has 0 fully saturated rings. The summed E-state index contributed by atoms with van der Waals surface area (Å²) in [5.74, 6) is -0.708. The van der Waals surface area contributed by atoms with Crippen LogP contribution in [-0.4, -0.2) is 50.4 Å². The van der Waals surface area contributed by atoms with Crippen LogP contribution in [-0.2, 0) is 32.3 Å². The Morgan fingerprint density at radius 3 is 2.10 bits per heavy atom. The van der Waals surface area contributed by atoms with Gasteiger partial charge in [0, 0.05) is 12.1 Å². The maximum atomic E-state index is 13.9. The van der Waals surface area contributed by atoms with Gasteiger partial charge < -0.3 is 15.0 Å². The Hall–Kier alpha value is -4.06. The molecule has 1 atom stereocenters. The van der Waals surface area contributed by atoms with E-state index in [4.69, 9.17) is 4.74 Å². The third-order valence-corrected chi connectivity index (χ3v) is 8.04. The lowest BCUT2D eigenvalue weighted by Gasteiger charge is -2.33. The van der Waals surface area contributed by atoms with Gasteiger partial charge in [0.05, 0.1) is 23.3 Å². The minimum atomic E-state index is -4.75. The van der Waals surface area contributed by atoms with Gasteiger partial charge in [-0.25, -0.2) is 8.42 Å². The number of nitrogens with one attached hydrogen (secondary N) is 1. The van der Waals surface area contributed by atoms with Crippen LogP contribution in [0.25, 0.3) is 0 Å². The summed E-state index contributed by atoms with van der Waals surface area (Å²) in [4.78, 5) is 28.0. The van der Waals surface area contributed by atoms with Gasteiger partial charge in [-0.2, -0.15) is 13.2 Å². The zero-order valence-corrected chi connectivity index (χ0v) is 24.8. The van der Waals surface area contributed by atoms with E-state index in [1.807, 2.05) is 0 Å². The summed E-state index contributed by atoms with van der Waals surface area (Å²) in [5.41, 5.74) is -1.43. The quantitative estimate of drug-likeness (QED) is 0.341. The molecule has 226 valence electrons. The molecule has 3 rings (SSSR count). The van der Waals surface area contributed by atoms with Crippen molar-refractivity contribution in [3.05, 3.63) is 90.0 Å². The van der Waals surface area contributed by atoms with Crippen molar-refractivity contribution in [1.82, 2.24) is 10.2 Å². The molecule has 0 aliphatic carbocycles. The maximum Gasteiger partial charge on any atom is 0.416 e. The van der Waals surface area contributed by atoms with E-state index in [1.165, 1.54) is 49.3 Å². The lowest BCUT2D eigenvalue weighted by Crippen LogP contribution is -2.54. The molecule has 0 spiro atoms. The molecule has 0 saturated heterocycles. The summed E-state index contributed by atoms with van der Waals surface area (Å²) in [5, 5.41) is 2.81. The number of anilines is 1. The Kier molecular flexibility index (Phi) is 9.93. The highest BCUT2D eigenvalue weighted by Crippen LogP contribution is 2.33. The minimum absolute atomic E-state index is 0.0800. The minimum Gasteiger partial charge on any atom is -0.497 e. The molecule has 2 amide bonds. The molecule has 0 radical (unpaired) electrons.